The summed E-state index contributed by atoms with van der Waals surface area (Å²) < 4.78 is 2.34. The van der Waals surface area contributed by atoms with Gasteiger partial charge in [0.25, 0.3) is 0 Å². The minimum absolute atomic E-state index is 0. The average Bonchev–Trinajstić information content (AvgIpc) is 3.42. The number of fused-ring (bicyclic) bond motifs is 3. The van der Waals surface area contributed by atoms with Gasteiger partial charge in [-0.2, -0.15) is 0 Å². The first-order valence-electron chi connectivity index (χ1n) is 17.2. The lowest BCUT2D eigenvalue weighted by molar-refractivity contribution is 0.000782. The Morgan fingerprint density at radius 1 is 0.583 bits per heavy atom. The fraction of sp³-hybridized carbons (Fsp3) is 0.261. The largest absolute Gasteiger partial charge is 0.385 e. The van der Waals surface area contributed by atoms with Gasteiger partial charge in [0.15, 0.2) is 0 Å². The Bertz CT molecular complexity index is 2310. The van der Waals surface area contributed by atoms with Gasteiger partial charge in [0.2, 0.25) is 0 Å². The van der Waals surface area contributed by atoms with Gasteiger partial charge in [-0.3, -0.25) is 0 Å². The summed E-state index contributed by atoms with van der Waals surface area (Å²) in [5.41, 5.74) is 6.99. The molecule has 0 unspecified atom stereocenters. The maximum atomic E-state index is 11.4. The topological polar surface area (TPSA) is 25.2 Å². The van der Waals surface area contributed by atoms with E-state index in [0.717, 1.165) is 31.2 Å². The Hall–Kier alpha value is -4.66. The van der Waals surface area contributed by atoms with Gasteiger partial charge < -0.3 is 9.67 Å². The van der Waals surface area contributed by atoms with E-state index >= 15 is 0 Å². The Morgan fingerprint density at radius 3 is 1.73 bits per heavy atom. The molecule has 9 rings (SSSR count). The zero-order valence-electron chi connectivity index (χ0n) is 28.0. The van der Waals surface area contributed by atoms with Crippen LogP contribution in [0.2, 0.25) is 0 Å². The van der Waals surface area contributed by atoms with E-state index < -0.39 is 5.60 Å². The standard InChI is InChI=1S/C26H28O.C19H15N.CH4/c1-25(2,3)20-15-18-8-7-17-10-12-22(26(27)13-5-4-6-14-26)21-11-9-19(16-20)23(18)24(17)21;1-14-10-12-15(13-11-14)20-18-8-4-2-6-16(18)17-7-3-5-9-19(17)20;/h7-12,15-16,27H,4-6,13-14H2,1-3H3;2-13H,1H3;1H4. The predicted octanol–water partition coefficient (Wildman–Crippen LogP) is 12.8. The molecule has 0 saturated heterocycles. The summed E-state index contributed by atoms with van der Waals surface area (Å²) in [5, 5.41) is 21.8. The molecule has 1 heterocycles. The predicted molar refractivity (Wildman–Crippen MR) is 208 cm³/mol. The van der Waals surface area contributed by atoms with Crippen LogP contribution >= 0.6 is 0 Å². The van der Waals surface area contributed by atoms with Crippen molar-refractivity contribution < 1.29 is 5.11 Å². The van der Waals surface area contributed by atoms with Gasteiger partial charge >= 0.3 is 0 Å². The number of para-hydroxylation sites is 2. The average molecular weight is 630 g/mol. The van der Waals surface area contributed by atoms with Gasteiger partial charge in [0.05, 0.1) is 16.6 Å². The molecule has 0 amide bonds. The Morgan fingerprint density at radius 2 is 1.12 bits per heavy atom. The summed E-state index contributed by atoms with van der Waals surface area (Å²) in [7, 11) is 0. The van der Waals surface area contributed by atoms with Gasteiger partial charge in [0.1, 0.15) is 0 Å². The number of benzene rings is 7. The molecular weight excluding hydrogens is 583 g/mol. The van der Waals surface area contributed by atoms with Crippen LogP contribution in [0.4, 0.5) is 0 Å². The summed E-state index contributed by atoms with van der Waals surface area (Å²) in [6, 6.07) is 44.0. The Balaban J connectivity index is 0.000000155. The van der Waals surface area contributed by atoms with E-state index in [1.165, 1.54) is 77.4 Å². The monoisotopic (exact) mass is 629 g/mol. The number of hydrogen-bond acceptors (Lipinski definition) is 1. The molecule has 2 nitrogen and oxygen atoms in total. The molecule has 1 aliphatic carbocycles. The second kappa shape index (κ2) is 12.1. The SMILES string of the molecule is C.CC(C)(C)c1cc2ccc3ccc(C4(O)CCCCC4)c4ccc(c1)c2c34.Cc1ccc(-n2c3ccccc3c3ccccc32)cc1. The summed E-state index contributed by atoms with van der Waals surface area (Å²) >= 11 is 0. The molecular formula is C46H47NO. The van der Waals surface area contributed by atoms with E-state index in [1.807, 2.05) is 0 Å². The third-order valence-corrected chi connectivity index (χ3v) is 10.5. The lowest BCUT2D eigenvalue weighted by Gasteiger charge is -2.34. The highest BCUT2D eigenvalue weighted by atomic mass is 16.3. The van der Waals surface area contributed by atoms with E-state index in [9.17, 15) is 5.11 Å². The maximum Gasteiger partial charge on any atom is 0.0902 e. The van der Waals surface area contributed by atoms with Crippen molar-refractivity contribution >= 4 is 54.1 Å². The second-order valence-corrected chi connectivity index (χ2v) is 14.7. The minimum atomic E-state index is -0.670. The van der Waals surface area contributed by atoms with Crippen LogP contribution in [0.25, 0.3) is 59.8 Å². The Kier molecular flexibility index (Phi) is 8.04. The highest BCUT2D eigenvalue weighted by molar-refractivity contribution is 6.24. The molecule has 1 saturated carbocycles. The van der Waals surface area contributed by atoms with Crippen LogP contribution in [0.1, 0.15) is 77.0 Å². The van der Waals surface area contributed by atoms with Crippen molar-refractivity contribution in [3.63, 3.8) is 0 Å². The number of aryl methyl sites for hydroxylation is 1. The lowest BCUT2D eigenvalue weighted by Crippen LogP contribution is -2.28. The van der Waals surface area contributed by atoms with Crippen LogP contribution in [0, 0.1) is 6.92 Å². The van der Waals surface area contributed by atoms with Crippen molar-refractivity contribution in [2.75, 3.05) is 0 Å². The molecule has 0 bridgehead atoms. The third-order valence-electron chi connectivity index (χ3n) is 10.5. The van der Waals surface area contributed by atoms with Gasteiger partial charge in [-0.05, 0) is 92.9 Å². The molecule has 1 aromatic heterocycles. The molecule has 8 aromatic rings. The molecule has 1 fully saturated rings. The van der Waals surface area contributed by atoms with Crippen LogP contribution in [-0.4, -0.2) is 9.67 Å². The second-order valence-electron chi connectivity index (χ2n) is 14.7. The van der Waals surface area contributed by atoms with E-state index in [1.54, 1.807) is 0 Å². The van der Waals surface area contributed by atoms with E-state index in [2.05, 4.69) is 154 Å². The highest BCUT2D eigenvalue weighted by Gasteiger charge is 2.33. The maximum absolute atomic E-state index is 11.4. The first-order valence-corrected chi connectivity index (χ1v) is 17.2. The molecule has 0 spiro atoms. The first-order chi connectivity index (χ1) is 22.7. The normalized spacial score (nSPS) is 14.8. The van der Waals surface area contributed by atoms with Crippen molar-refractivity contribution in [1.82, 2.24) is 4.57 Å². The smallest absolute Gasteiger partial charge is 0.0902 e. The van der Waals surface area contributed by atoms with Crippen LogP contribution in [-0.2, 0) is 11.0 Å². The van der Waals surface area contributed by atoms with Crippen molar-refractivity contribution in [2.45, 2.75) is 78.2 Å². The number of aliphatic hydroxyl groups is 1. The number of aromatic nitrogens is 1. The minimum Gasteiger partial charge on any atom is -0.385 e. The van der Waals surface area contributed by atoms with Gasteiger partial charge in [-0.25, -0.2) is 0 Å². The summed E-state index contributed by atoms with van der Waals surface area (Å²) in [5.74, 6) is 0. The van der Waals surface area contributed by atoms with Crippen LogP contribution < -0.4 is 0 Å². The lowest BCUT2D eigenvalue weighted by atomic mass is 9.76. The summed E-state index contributed by atoms with van der Waals surface area (Å²) in [4.78, 5) is 0. The molecule has 242 valence electrons. The molecule has 1 N–H and O–H groups in total. The van der Waals surface area contributed by atoms with Crippen LogP contribution in [0.3, 0.4) is 0 Å². The van der Waals surface area contributed by atoms with E-state index in [-0.39, 0.29) is 12.8 Å². The summed E-state index contributed by atoms with van der Waals surface area (Å²) in [6.45, 7) is 8.94. The molecule has 48 heavy (non-hydrogen) atoms. The van der Waals surface area contributed by atoms with Crippen LogP contribution in [0.15, 0.2) is 121 Å². The van der Waals surface area contributed by atoms with Crippen molar-refractivity contribution in [1.29, 1.82) is 0 Å². The Labute approximate surface area is 285 Å². The molecule has 1 aliphatic rings. The van der Waals surface area contributed by atoms with Crippen LogP contribution in [0.5, 0.6) is 0 Å². The highest BCUT2D eigenvalue weighted by Crippen LogP contribution is 2.44. The number of rotatable bonds is 2. The molecule has 0 aliphatic heterocycles. The van der Waals surface area contributed by atoms with Crippen molar-refractivity contribution in [3.8, 4) is 5.69 Å². The molecule has 7 aromatic carbocycles. The van der Waals surface area contributed by atoms with Gasteiger partial charge in [0, 0.05) is 16.5 Å². The van der Waals surface area contributed by atoms with E-state index in [0.29, 0.717) is 0 Å². The molecule has 0 radical (unpaired) electrons. The fourth-order valence-electron chi connectivity index (χ4n) is 7.96. The quantitative estimate of drug-likeness (QED) is 0.189. The zero-order valence-corrected chi connectivity index (χ0v) is 28.0. The molecule has 2 heteroatoms. The first kappa shape index (κ1) is 31.9. The molecule has 0 atom stereocenters. The van der Waals surface area contributed by atoms with Gasteiger partial charge in [-0.1, -0.05) is 150 Å². The third kappa shape index (κ3) is 5.33. The van der Waals surface area contributed by atoms with Gasteiger partial charge in [-0.15, -0.1) is 0 Å². The van der Waals surface area contributed by atoms with E-state index in [4.69, 9.17) is 0 Å². The summed E-state index contributed by atoms with van der Waals surface area (Å²) in [6.07, 6.45) is 5.24. The van der Waals surface area contributed by atoms with Crippen molar-refractivity contribution in [2.24, 2.45) is 0 Å². The number of nitrogens with zero attached hydrogens (tertiary/aromatic N) is 1. The van der Waals surface area contributed by atoms with Crippen molar-refractivity contribution in [3.05, 3.63) is 138 Å². The fourth-order valence-corrected chi connectivity index (χ4v) is 7.96. The number of hydrogen-bond donors (Lipinski definition) is 1. The zero-order chi connectivity index (χ0) is 32.3.